The number of hydrogen-bond donors (Lipinski definition) is 0. The van der Waals surface area contributed by atoms with Gasteiger partial charge in [0.2, 0.25) is 5.43 Å². The number of piperazine rings is 1. The number of para-hydroxylation sites is 1. The molecule has 0 bridgehead atoms. The van der Waals surface area contributed by atoms with Crippen molar-refractivity contribution < 1.29 is 22.8 Å². The molecule has 10 heteroatoms. The molecule has 0 radical (unpaired) electrons. The number of halogens is 3. The molecule has 4 rings (SSSR count). The second kappa shape index (κ2) is 8.89. The Morgan fingerprint density at radius 2 is 1.45 bits per heavy atom. The lowest BCUT2D eigenvalue weighted by atomic mass is 10.1. The van der Waals surface area contributed by atoms with Crippen LogP contribution in [0, 0.1) is 24.4 Å². The van der Waals surface area contributed by atoms with E-state index < -0.39 is 34.7 Å². The van der Waals surface area contributed by atoms with Crippen LogP contribution in [0.1, 0.15) is 26.5 Å². The van der Waals surface area contributed by atoms with Crippen molar-refractivity contribution in [1.29, 1.82) is 0 Å². The first-order chi connectivity index (χ1) is 15.8. The Kier molecular flexibility index (Phi) is 5.99. The van der Waals surface area contributed by atoms with Gasteiger partial charge in [0.1, 0.15) is 11.5 Å². The van der Waals surface area contributed by atoms with Crippen molar-refractivity contribution in [2.24, 2.45) is 0 Å². The van der Waals surface area contributed by atoms with E-state index in [9.17, 15) is 27.6 Å². The van der Waals surface area contributed by atoms with Gasteiger partial charge in [-0.15, -0.1) is 0 Å². The average molecular weight is 456 g/mol. The Morgan fingerprint density at radius 1 is 0.818 bits per heavy atom. The molecule has 1 aromatic heterocycles. The molecule has 1 aliphatic rings. The Hall–Kier alpha value is -3.95. The summed E-state index contributed by atoms with van der Waals surface area (Å²) in [5.74, 6) is -3.85. The first-order valence-electron chi connectivity index (χ1n) is 10.2. The van der Waals surface area contributed by atoms with E-state index in [2.05, 4.69) is 5.10 Å². The van der Waals surface area contributed by atoms with Crippen LogP contribution in [0.4, 0.5) is 13.2 Å². The summed E-state index contributed by atoms with van der Waals surface area (Å²) in [5.41, 5.74) is -0.481. The number of benzene rings is 2. The third-order valence-electron chi connectivity index (χ3n) is 5.41. The molecule has 0 saturated carbocycles. The maximum Gasteiger partial charge on any atom is 0.278 e. The standard InChI is InChI=1S/C23H19F3N4O3/c1-14-12-20(31)21(27-30(14)19-5-3-2-4-17(19)25)23(33)29-10-8-28(9-11-29)22(32)15-6-7-16(24)18(26)13-15/h2-7,12-13H,8-11H2,1H3. The van der Waals surface area contributed by atoms with Gasteiger partial charge in [-0.25, -0.2) is 17.9 Å². The van der Waals surface area contributed by atoms with Crippen LogP contribution in [0.3, 0.4) is 0 Å². The van der Waals surface area contributed by atoms with Gasteiger partial charge in [-0.2, -0.15) is 5.10 Å². The number of carbonyl (C=O) groups excluding carboxylic acids is 2. The molecule has 1 fully saturated rings. The van der Waals surface area contributed by atoms with Crippen LogP contribution >= 0.6 is 0 Å². The Morgan fingerprint density at radius 3 is 2.09 bits per heavy atom. The Labute approximate surface area is 186 Å². The van der Waals surface area contributed by atoms with Crippen molar-refractivity contribution in [3.63, 3.8) is 0 Å². The summed E-state index contributed by atoms with van der Waals surface area (Å²) >= 11 is 0. The number of aromatic nitrogens is 2. The van der Waals surface area contributed by atoms with E-state index in [-0.39, 0.29) is 43.1 Å². The summed E-state index contributed by atoms with van der Waals surface area (Å²) in [4.78, 5) is 40.8. The number of amides is 2. The Bertz CT molecular complexity index is 1300. The quantitative estimate of drug-likeness (QED) is 0.607. The third kappa shape index (κ3) is 4.36. The summed E-state index contributed by atoms with van der Waals surface area (Å²) in [6.07, 6.45) is 0. The van der Waals surface area contributed by atoms with Gasteiger partial charge in [0.25, 0.3) is 11.8 Å². The number of rotatable bonds is 3. The van der Waals surface area contributed by atoms with Crippen LogP contribution in [-0.4, -0.2) is 57.6 Å². The highest BCUT2D eigenvalue weighted by Gasteiger charge is 2.28. The van der Waals surface area contributed by atoms with Crippen LogP contribution in [-0.2, 0) is 0 Å². The molecule has 0 atom stereocenters. The summed E-state index contributed by atoms with van der Waals surface area (Å²) in [7, 11) is 0. The normalized spacial score (nSPS) is 13.8. The smallest absolute Gasteiger partial charge is 0.278 e. The second-order valence-corrected chi connectivity index (χ2v) is 7.58. The molecular weight excluding hydrogens is 437 g/mol. The van der Waals surface area contributed by atoms with Gasteiger partial charge < -0.3 is 9.80 Å². The highest BCUT2D eigenvalue weighted by molar-refractivity contribution is 5.95. The topological polar surface area (TPSA) is 75.5 Å². The monoisotopic (exact) mass is 456 g/mol. The van der Waals surface area contributed by atoms with Gasteiger partial charge in [0, 0.05) is 43.5 Å². The minimum atomic E-state index is -1.12. The lowest BCUT2D eigenvalue weighted by molar-refractivity contribution is 0.0530. The first kappa shape index (κ1) is 22.3. The Balaban J connectivity index is 1.51. The molecule has 2 heterocycles. The zero-order valence-corrected chi connectivity index (χ0v) is 17.6. The molecule has 1 aliphatic heterocycles. The average Bonchev–Trinajstić information content (AvgIpc) is 2.81. The van der Waals surface area contributed by atoms with Gasteiger partial charge in [0.15, 0.2) is 17.3 Å². The molecular formula is C23H19F3N4O3. The zero-order chi connectivity index (χ0) is 23.7. The molecule has 0 N–H and O–H groups in total. The lowest BCUT2D eigenvalue weighted by Gasteiger charge is -2.34. The minimum absolute atomic E-state index is 0.00153. The maximum atomic E-state index is 14.2. The molecule has 1 saturated heterocycles. The summed E-state index contributed by atoms with van der Waals surface area (Å²) < 4.78 is 42.0. The summed E-state index contributed by atoms with van der Waals surface area (Å²) in [5, 5.41) is 4.11. The van der Waals surface area contributed by atoms with Gasteiger partial charge in [-0.05, 0) is 37.3 Å². The number of carbonyl (C=O) groups is 2. The minimum Gasteiger partial charge on any atom is -0.335 e. The van der Waals surface area contributed by atoms with E-state index in [1.54, 1.807) is 13.0 Å². The van der Waals surface area contributed by atoms with E-state index in [1.165, 1.54) is 44.8 Å². The van der Waals surface area contributed by atoms with E-state index in [0.717, 1.165) is 12.1 Å². The van der Waals surface area contributed by atoms with Gasteiger partial charge in [-0.3, -0.25) is 14.4 Å². The van der Waals surface area contributed by atoms with Crippen molar-refractivity contribution in [1.82, 2.24) is 19.6 Å². The fraction of sp³-hybridized carbons (Fsp3) is 0.217. The van der Waals surface area contributed by atoms with E-state index in [4.69, 9.17) is 0 Å². The van der Waals surface area contributed by atoms with Crippen LogP contribution in [0.15, 0.2) is 53.3 Å². The van der Waals surface area contributed by atoms with Gasteiger partial charge in [0.05, 0.1) is 0 Å². The van der Waals surface area contributed by atoms with E-state index in [0.29, 0.717) is 5.69 Å². The molecule has 3 aromatic rings. The summed E-state index contributed by atoms with van der Waals surface area (Å²) in [6, 6.07) is 9.99. The predicted molar refractivity (Wildman–Crippen MR) is 113 cm³/mol. The van der Waals surface area contributed by atoms with Gasteiger partial charge in [-0.1, -0.05) is 12.1 Å². The molecule has 2 amide bonds. The molecule has 2 aromatic carbocycles. The van der Waals surface area contributed by atoms with Crippen molar-refractivity contribution in [3.05, 3.63) is 93.2 Å². The van der Waals surface area contributed by atoms with Crippen LogP contribution in [0.25, 0.3) is 5.69 Å². The van der Waals surface area contributed by atoms with Crippen molar-refractivity contribution in [2.75, 3.05) is 26.2 Å². The molecule has 170 valence electrons. The third-order valence-corrected chi connectivity index (χ3v) is 5.41. The SMILES string of the molecule is Cc1cc(=O)c(C(=O)N2CCN(C(=O)c3ccc(F)c(F)c3)CC2)nn1-c1ccccc1F. The van der Waals surface area contributed by atoms with Gasteiger partial charge >= 0.3 is 0 Å². The van der Waals surface area contributed by atoms with E-state index >= 15 is 0 Å². The van der Waals surface area contributed by atoms with Crippen LogP contribution < -0.4 is 5.43 Å². The summed E-state index contributed by atoms with van der Waals surface area (Å²) in [6.45, 7) is 2.08. The fourth-order valence-corrected chi connectivity index (χ4v) is 3.64. The second-order valence-electron chi connectivity index (χ2n) is 7.58. The fourth-order valence-electron chi connectivity index (χ4n) is 3.64. The number of aryl methyl sites for hydroxylation is 1. The zero-order valence-electron chi connectivity index (χ0n) is 17.6. The largest absolute Gasteiger partial charge is 0.335 e. The first-order valence-corrected chi connectivity index (χ1v) is 10.2. The van der Waals surface area contributed by atoms with Crippen molar-refractivity contribution in [2.45, 2.75) is 6.92 Å². The number of nitrogens with zero attached hydrogens (tertiary/aromatic N) is 4. The van der Waals surface area contributed by atoms with Crippen molar-refractivity contribution in [3.8, 4) is 5.69 Å². The maximum absolute atomic E-state index is 14.2. The molecule has 33 heavy (non-hydrogen) atoms. The molecule has 0 spiro atoms. The van der Waals surface area contributed by atoms with E-state index in [1.807, 2.05) is 0 Å². The van der Waals surface area contributed by atoms with Crippen LogP contribution in [0.5, 0.6) is 0 Å². The number of hydrogen-bond acceptors (Lipinski definition) is 4. The molecule has 0 unspecified atom stereocenters. The van der Waals surface area contributed by atoms with Crippen molar-refractivity contribution >= 4 is 11.8 Å². The highest BCUT2D eigenvalue weighted by Crippen LogP contribution is 2.15. The molecule has 7 nitrogen and oxygen atoms in total. The lowest BCUT2D eigenvalue weighted by Crippen LogP contribution is -2.51. The highest BCUT2D eigenvalue weighted by atomic mass is 19.2. The molecule has 0 aliphatic carbocycles. The van der Waals surface area contributed by atoms with Crippen LogP contribution in [0.2, 0.25) is 0 Å². The predicted octanol–water partition coefficient (Wildman–Crippen LogP) is 2.56.